The van der Waals surface area contributed by atoms with Gasteiger partial charge in [-0.15, -0.1) is 0 Å². The van der Waals surface area contributed by atoms with E-state index in [1.165, 1.54) is 17.8 Å². The smallest absolute Gasteiger partial charge is 0.459 e. The highest BCUT2D eigenvalue weighted by Crippen LogP contribution is 2.46. The van der Waals surface area contributed by atoms with E-state index < -0.39 is 63.5 Å². The van der Waals surface area contributed by atoms with Crippen molar-refractivity contribution in [3.05, 3.63) is 36.7 Å². The van der Waals surface area contributed by atoms with Crippen molar-refractivity contribution in [1.29, 1.82) is 0 Å². The van der Waals surface area contributed by atoms with Crippen molar-refractivity contribution in [2.24, 2.45) is 5.92 Å². The van der Waals surface area contributed by atoms with Crippen LogP contribution in [0, 0.1) is 5.92 Å². The molecule has 4 rings (SSSR count). The molecular weight excluding hydrogens is 548 g/mol. The highest BCUT2D eigenvalue weighted by Gasteiger charge is 2.47. The Bertz CT molecular complexity index is 1360. The third kappa shape index (κ3) is 6.50. The van der Waals surface area contributed by atoms with E-state index in [9.17, 15) is 18.9 Å². The summed E-state index contributed by atoms with van der Waals surface area (Å²) in [4.78, 5) is 24.9. The zero-order valence-electron chi connectivity index (χ0n) is 22.4. The number of hydrogen-bond acceptors (Lipinski definition) is 12. The molecule has 0 bridgehead atoms. The van der Waals surface area contributed by atoms with E-state index in [0.717, 1.165) is 0 Å². The van der Waals surface area contributed by atoms with E-state index in [1.807, 2.05) is 0 Å². The minimum atomic E-state index is -4.24. The molecule has 0 saturated carbocycles. The van der Waals surface area contributed by atoms with Crippen LogP contribution < -0.4 is 20.7 Å². The number of esters is 1. The number of para-hydroxylation sites is 1. The number of fused-ring (bicyclic) bond motifs is 1. The van der Waals surface area contributed by atoms with Gasteiger partial charge in [0, 0.05) is 7.05 Å². The van der Waals surface area contributed by atoms with Crippen molar-refractivity contribution in [2.75, 3.05) is 31.4 Å². The van der Waals surface area contributed by atoms with E-state index in [0.29, 0.717) is 11.3 Å². The zero-order chi connectivity index (χ0) is 29.0. The van der Waals surface area contributed by atoms with Crippen LogP contribution in [-0.2, 0) is 23.4 Å². The molecule has 1 saturated heterocycles. The van der Waals surface area contributed by atoms with Gasteiger partial charge in [0.05, 0.1) is 37.7 Å². The number of alkyl halides is 1. The molecule has 0 unspecified atom stereocenters. The second-order valence-electron chi connectivity index (χ2n) is 9.41. The quantitative estimate of drug-likeness (QED) is 0.181. The van der Waals surface area contributed by atoms with Gasteiger partial charge in [-0.05, 0) is 32.9 Å². The van der Waals surface area contributed by atoms with E-state index >= 15 is 0 Å². The maximum absolute atomic E-state index is 14.2. The number of nitrogens with two attached hydrogens (primary N) is 1. The molecule has 14 nitrogen and oxygen atoms in total. The molecule has 5 N–H and O–H groups in total. The molecule has 1 aromatic carbocycles. The Morgan fingerprint density at radius 3 is 2.65 bits per heavy atom. The summed E-state index contributed by atoms with van der Waals surface area (Å²) in [7, 11) is -2.60. The number of hydrogen-bond donors (Lipinski definition) is 4. The third-order valence-electron chi connectivity index (χ3n) is 6.06. The van der Waals surface area contributed by atoms with Crippen molar-refractivity contribution in [2.45, 2.75) is 51.4 Å². The molecule has 6 atom stereocenters. The number of aromatic nitrogens is 4. The molecule has 1 aliphatic rings. The molecule has 218 valence electrons. The Kier molecular flexibility index (Phi) is 9.21. The molecule has 16 heteroatoms. The van der Waals surface area contributed by atoms with Gasteiger partial charge in [-0.25, -0.2) is 9.55 Å². The minimum Gasteiger partial charge on any atom is -0.462 e. The molecule has 0 aliphatic carbocycles. The monoisotopic (exact) mass is 581 g/mol. The first-order valence-corrected chi connectivity index (χ1v) is 14.1. The molecule has 1 aliphatic heterocycles. The molecule has 1 fully saturated rings. The standard InChI is InChI=1S/C24H33FN7O7P/c1-13(2)37-23(34)14(3)31-40(35,39-15-8-6-5-7-9-15)36-11-17-19(33)16(10-25)22(38-17)32-12-28-18-20(27-4)29-24(26)30-21(18)32/h5-9,12-14,16-17,19,22,33H,10-11H2,1-4H3,(H,31,35)(H3,26,27,29,30)/t14-,16+,17-,19+,22-,40+/m1/s1. The molecule has 0 radical (unpaired) electrons. The number of carbonyl (C=O) groups excluding carboxylic acids is 1. The lowest BCUT2D eigenvalue weighted by atomic mass is 10.0. The van der Waals surface area contributed by atoms with Crippen LogP contribution in [0.5, 0.6) is 5.75 Å². The first-order valence-electron chi connectivity index (χ1n) is 12.6. The van der Waals surface area contributed by atoms with Crippen molar-refractivity contribution >= 4 is 36.6 Å². The molecular formula is C24H33FN7O7P. The lowest BCUT2D eigenvalue weighted by Gasteiger charge is -2.25. The van der Waals surface area contributed by atoms with E-state index in [2.05, 4.69) is 25.4 Å². The Morgan fingerprint density at radius 2 is 2.00 bits per heavy atom. The summed E-state index contributed by atoms with van der Waals surface area (Å²) in [6.45, 7) is 3.39. The van der Waals surface area contributed by atoms with Crippen LogP contribution in [0.4, 0.5) is 16.2 Å². The van der Waals surface area contributed by atoms with Crippen LogP contribution in [0.1, 0.15) is 27.0 Å². The number of rotatable bonds is 12. The summed E-state index contributed by atoms with van der Waals surface area (Å²) < 4.78 is 51.8. The van der Waals surface area contributed by atoms with Gasteiger partial charge in [-0.3, -0.25) is 18.3 Å². The average Bonchev–Trinajstić information content (AvgIpc) is 3.47. The summed E-state index contributed by atoms with van der Waals surface area (Å²) in [6.07, 6.45) is -2.54. The molecule has 3 aromatic rings. The Hall–Kier alpha value is -3.36. The fourth-order valence-corrected chi connectivity index (χ4v) is 5.68. The average molecular weight is 582 g/mol. The SMILES string of the molecule is CNc1nc(N)nc2c1ncn2[C@@H]1O[C@H](CO[P@@](=O)(N[C@H](C)C(=O)OC(C)C)Oc2ccccc2)[C@@H](O)[C@@H]1CF. The topological polar surface area (TPSA) is 185 Å². The second-order valence-corrected chi connectivity index (χ2v) is 11.1. The van der Waals surface area contributed by atoms with E-state index in [-0.39, 0.29) is 17.3 Å². The van der Waals surface area contributed by atoms with Crippen LogP contribution in [0.15, 0.2) is 36.7 Å². The van der Waals surface area contributed by atoms with E-state index in [1.54, 1.807) is 51.2 Å². The Morgan fingerprint density at radius 1 is 1.27 bits per heavy atom. The highest BCUT2D eigenvalue weighted by molar-refractivity contribution is 7.52. The van der Waals surface area contributed by atoms with Gasteiger partial charge in [-0.1, -0.05) is 18.2 Å². The zero-order valence-corrected chi connectivity index (χ0v) is 23.3. The van der Waals surface area contributed by atoms with Crippen molar-refractivity contribution < 1.29 is 37.4 Å². The number of nitrogens with zero attached hydrogens (tertiary/aromatic N) is 4. The first-order chi connectivity index (χ1) is 19.0. The molecule has 0 spiro atoms. The molecule has 2 aromatic heterocycles. The molecule has 40 heavy (non-hydrogen) atoms. The maximum atomic E-state index is 14.2. The predicted molar refractivity (Wildman–Crippen MR) is 143 cm³/mol. The summed E-state index contributed by atoms with van der Waals surface area (Å²) >= 11 is 0. The minimum absolute atomic E-state index is 0.0379. The molecule has 0 amide bonds. The van der Waals surface area contributed by atoms with Crippen LogP contribution in [0.25, 0.3) is 11.2 Å². The van der Waals surface area contributed by atoms with Crippen LogP contribution in [-0.4, -0.2) is 75.3 Å². The van der Waals surface area contributed by atoms with Gasteiger partial charge in [0.2, 0.25) is 5.95 Å². The van der Waals surface area contributed by atoms with Gasteiger partial charge in [0.15, 0.2) is 17.0 Å². The lowest BCUT2D eigenvalue weighted by molar-refractivity contribution is -0.149. The summed E-state index contributed by atoms with van der Waals surface area (Å²) in [5, 5.41) is 16.4. The number of benzene rings is 1. The van der Waals surface area contributed by atoms with Crippen LogP contribution in [0.3, 0.4) is 0 Å². The van der Waals surface area contributed by atoms with Gasteiger partial charge in [-0.2, -0.15) is 15.1 Å². The number of aliphatic hydroxyl groups is 1. The Labute approximate surface area is 230 Å². The van der Waals surface area contributed by atoms with Crippen molar-refractivity contribution in [3.8, 4) is 5.75 Å². The van der Waals surface area contributed by atoms with Gasteiger partial charge in [0.25, 0.3) is 0 Å². The normalized spacial score (nSPS) is 23.2. The summed E-state index contributed by atoms with van der Waals surface area (Å²) in [6, 6.07) is 7.13. The van der Waals surface area contributed by atoms with Crippen molar-refractivity contribution in [3.63, 3.8) is 0 Å². The summed E-state index contributed by atoms with van der Waals surface area (Å²) in [5.41, 5.74) is 6.47. The number of ether oxygens (including phenoxy) is 2. The van der Waals surface area contributed by atoms with E-state index in [4.69, 9.17) is 24.3 Å². The number of imidazole rings is 1. The van der Waals surface area contributed by atoms with Gasteiger partial charge in [0.1, 0.15) is 24.1 Å². The van der Waals surface area contributed by atoms with Crippen LogP contribution in [0.2, 0.25) is 0 Å². The van der Waals surface area contributed by atoms with Crippen LogP contribution >= 0.6 is 7.75 Å². The fraction of sp³-hybridized carbons (Fsp3) is 0.500. The number of nitrogens with one attached hydrogen (secondary N) is 2. The Balaban J connectivity index is 1.55. The third-order valence-corrected chi connectivity index (χ3v) is 7.71. The second kappa shape index (κ2) is 12.4. The predicted octanol–water partition coefficient (Wildman–Crippen LogP) is 2.43. The number of nitrogen functional groups attached to an aromatic ring is 1. The maximum Gasteiger partial charge on any atom is 0.459 e. The number of aliphatic hydroxyl groups excluding tert-OH is 1. The highest BCUT2D eigenvalue weighted by atomic mass is 31.2. The lowest BCUT2D eigenvalue weighted by Crippen LogP contribution is -2.37. The molecule has 3 heterocycles. The van der Waals surface area contributed by atoms with Gasteiger partial charge >= 0.3 is 13.7 Å². The number of anilines is 2. The number of halogens is 1. The first kappa shape index (κ1) is 29.6. The fourth-order valence-electron chi connectivity index (χ4n) is 4.18. The number of carbonyl (C=O) groups is 1. The largest absolute Gasteiger partial charge is 0.462 e. The van der Waals surface area contributed by atoms with Gasteiger partial charge < -0.3 is 30.2 Å². The van der Waals surface area contributed by atoms with Crippen molar-refractivity contribution in [1.82, 2.24) is 24.6 Å². The summed E-state index contributed by atoms with van der Waals surface area (Å²) in [5.74, 6) is -1.17.